The lowest BCUT2D eigenvalue weighted by molar-refractivity contribution is -0.150. The van der Waals surface area contributed by atoms with Crippen LogP contribution in [0.1, 0.15) is 24.8 Å². The molecule has 0 aromatic heterocycles. The molecule has 1 aromatic rings. The Morgan fingerprint density at radius 3 is 2.74 bits per heavy atom. The highest BCUT2D eigenvalue weighted by Gasteiger charge is 2.36. The average Bonchev–Trinajstić information content (AvgIpc) is 2.39. The predicted molar refractivity (Wildman–Crippen MR) is 66.9 cm³/mol. The van der Waals surface area contributed by atoms with Crippen LogP contribution in [-0.4, -0.2) is 25.0 Å². The van der Waals surface area contributed by atoms with E-state index in [9.17, 15) is 14.0 Å². The molecule has 1 amide bonds. The molecule has 1 heterocycles. The summed E-state index contributed by atoms with van der Waals surface area (Å²) in [6.07, 6.45) is 0.217. The zero-order valence-corrected chi connectivity index (χ0v) is 10.7. The number of benzene rings is 1. The van der Waals surface area contributed by atoms with Gasteiger partial charge in [-0.25, -0.2) is 4.39 Å². The number of nitrogens with one attached hydrogen (secondary N) is 1. The number of hydrogen-bond donors (Lipinski definition) is 1. The Morgan fingerprint density at radius 1 is 1.42 bits per heavy atom. The fraction of sp³-hybridized carbons (Fsp3) is 0.429. The minimum absolute atomic E-state index is 0.102. The van der Waals surface area contributed by atoms with Crippen LogP contribution < -0.4 is 5.32 Å². The van der Waals surface area contributed by atoms with Crippen molar-refractivity contribution in [2.45, 2.75) is 19.3 Å². The number of hydrogen-bond acceptors (Lipinski definition) is 3. The van der Waals surface area contributed by atoms with Crippen molar-refractivity contribution >= 4 is 11.9 Å². The lowest BCUT2D eigenvalue weighted by Crippen LogP contribution is -2.43. The molecule has 0 radical (unpaired) electrons. The van der Waals surface area contributed by atoms with Gasteiger partial charge in [-0.1, -0.05) is 12.1 Å². The molecule has 1 fully saturated rings. The quantitative estimate of drug-likeness (QED) is 0.845. The number of rotatable bonds is 3. The van der Waals surface area contributed by atoms with Crippen LogP contribution in [0.15, 0.2) is 24.3 Å². The topological polar surface area (TPSA) is 55.4 Å². The summed E-state index contributed by atoms with van der Waals surface area (Å²) < 4.78 is 18.0. The van der Waals surface area contributed by atoms with Crippen LogP contribution in [-0.2, 0) is 14.3 Å². The van der Waals surface area contributed by atoms with Crippen LogP contribution in [0.3, 0.4) is 0 Å². The molecule has 1 aliphatic rings. The fourth-order valence-electron chi connectivity index (χ4n) is 2.34. The smallest absolute Gasteiger partial charge is 0.311 e. The van der Waals surface area contributed by atoms with Crippen molar-refractivity contribution < 1.29 is 18.7 Å². The van der Waals surface area contributed by atoms with Gasteiger partial charge in [-0.3, -0.25) is 9.59 Å². The van der Waals surface area contributed by atoms with Crippen molar-refractivity contribution in [1.82, 2.24) is 5.32 Å². The van der Waals surface area contributed by atoms with E-state index in [0.29, 0.717) is 6.61 Å². The first-order valence-corrected chi connectivity index (χ1v) is 6.30. The zero-order chi connectivity index (χ0) is 13.8. The maximum absolute atomic E-state index is 12.9. The second-order valence-corrected chi connectivity index (χ2v) is 4.52. The third-order valence-electron chi connectivity index (χ3n) is 3.30. The van der Waals surface area contributed by atoms with E-state index in [1.807, 2.05) is 0 Å². The maximum Gasteiger partial charge on any atom is 0.311 e. The van der Waals surface area contributed by atoms with Crippen molar-refractivity contribution in [2.75, 3.05) is 13.2 Å². The Hall–Kier alpha value is -1.91. The van der Waals surface area contributed by atoms with Crippen LogP contribution in [0, 0.1) is 11.7 Å². The first-order valence-electron chi connectivity index (χ1n) is 6.30. The molecular formula is C14H16FNO3. The molecule has 5 heteroatoms. The summed E-state index contributed by atoms with van der Waals surface area (Å²) in [5, 5.41) is 2.67. The van der Waals surface area contributed by atoms with Gasteiger partial charge in [-0.15, -0.1) is 0 Å². The fourth-order valence-corrected chi connectivity index (χ4v) is 2.34. The number of esters is 1. The van der Waals surface area contributed by atoms with Crippen molar-refractivity contribution in [3.8, 4) is 0 Å². The number of piperidine rings is 1. The van der Waals surface area contributed by atoms with Crippen LogP contribution >= 0.6 is 0 Å². The van der Waals surface area contributed by atoms with E-state index in [1.54, 1.807) is 19.1 Å². The van der Waals surface area contributed by atoms with E-state index < -0.39 is 5.92 Å². The summed E-state index contributed by atoms with van der Waals surface area (Å²) in [7, 11) is 0. The van der Waals surface area contributed by atoms with E-state index in [1.165, 1.54) is 12.1 Å². The normalized spacial score (nSPS) is 22.7. The van der Waals surface area contributed by atoms with Gasteiger partial charge in [-0.2, -0.15) is 0 Å². The van der Waals surface area contributed by atoms with Crippen LogP contribution in [0.5, 0.6) is 0 Å². The van der Waals surface area contributed by atoms with Gasteiger partial charge >= 0.3 is 5.97 Å². The lowest BCUT2D eigenvalue weighted by atomic mass is 9.81. The van der Waals surface area contributed by atoms with E-state index in [-0.39, 0.29) is 36.6 Å². The van der Waals surface area contributed by atoms with E-state index in [0.717, 1.165) is 5.56 Å². The van der Waals surface area contributed by atoms with Crippen molar-refractivity contribution in [1.29, 1.82) is 0 Å². The first-order chi connectivity index (χ1) is 9.11. The Bertz CT molecular complexity index is 472. The summed E-state index contributed by atoms with van der Waals surface area (Å²) in [6.45, 7) is 2.31. The summed E-state index contributed by atoms with van der Waals surface area (Å²) in [4.78, 5) is 23.4. The monoisotopic (exact) mass is 265 g/mol. The summed E-state index contributed by atoms with van der Waals surface area (Å²) in [5.41, 5.74) is 0.786. The average molecular weight is 265 g/mol. The molecule has 19 heavy (non-hydrogen) atoms. The molecule has 0 bridgehead atoms. The Kier molecular flexibility index (Phi) is 4.14. The molecule has 0 saturated carbocycles. The van der Waals surface area contributed by atoms with Gasteiger partial charge in [0.1, 0.15) is 5.82 Å². The lowest BCUT2D eigenvalue weighted by Gasteiger charge is -2.30. The molecule has 4 nitrogen and oxygen atoms in total. The third kappa shape index (κ3) is 3.10. The summed E-state index contributed by atoms with van der Waals surface area (Å²) in [6, 6.07) is 5.91. The zero-order valence-electron chi connectivity index (χ0n) is 10.7. The van der Waals surface area contributed by atoms with Crippen molar-refractivity contribution in [2.24, 2.45) is 5.92 Å². The van der Waals surface area contributed by atoms with Crippen molar-refractivity contribution in [3.05, 3.63) is 35.6 Å². The Labute approximate surface area is 110 Å². The van der Waals surface area contributed by atoms with Gasteiger partial charge < -0.3 is 10.1 Å². The molecule has 1 saturated heterocycles. The first kappa shape index (κ1) is 13.5. The number of halogens is 1. The van der Waals surface area contributed by atoms with Crippen LogP contribution in [0.4, 0.5) is 4.39 Å². The van der Waals surface area contributed by atoms with Crippen LogP contribution in [0.25, 0.3) is 0 Å². The van der Waals surface area contributed by atoms with E-state index >= 15 is 0 Å². The highest BCUT2D eigenvalue weighted by Crippen LogP contribution is 2.31. The molecule has 1 aromatic carbocycles. The molecule has 0 spiro atoms. The molecule has 0 unspecified atom stereocenters. The number of carbonyl (C=O) groups excluding carboxylic acids is 2. The highest BCUT2D eigenvalue weighted by molar-refractivity contribution is 5.83. The number of ether oxygens (including phenoxy) is 1. The van der Waals surface area contributed by atoms with Crippen LogP contribution in [0.2, 0.25) is 0 Å². The molecule has 0 aliphatic carbocycles. The molecule has 2 atom stereocenters. The second kappa shape index (κ2) is 5.82. The van der Waals surface area contributed by atoms with Gasteiger partial charge in [0.05, 0.1) is 12.5 Å². The van der Waals surface area contributed by atoms with E-state index in [4.69, 9.17) is 4.74 Å². The molecule has 102 valence electrons. The van der Waals surface area contributed by atoms with Crippen molar-refractivity contribution in [3.63, 3.8) is 0 Å². The van der Waals surface area contributed by atoms with Gasteiger partial charge in [0.25, 0.3) is 0 Å². The molecule has 2 rings (SSSR count). The predicted octanol–water partition coefficient (Wildman–Crippen LogP) is 1.61. The SMILES string of the molecule is CCOC(=O)[C@@H]1CNC(=O)C[C@H]1c1ccc(F)cc1. The number of amides is 1. The largest absolute Gasteiger partial charge is 0.466 e. The second-order valence-electron chi connectivity index (χ2n) is 4.52. The summed E-state index contributed by atoms with van der Waals surface area (Å²) >= 11 is 0. The van der Waals surface area contributed by atoms with Gasteiger partial charge in [0, 0.05) is 18.9 Å². The minimum atomic E-state index is -0.414. The van der Waals surface area contributed by atoms with Gasteiger partial charge in [-0.05, 0) is 24.6 Å². The standard InChI is InChI=1S/C14H16FNO3/c1-2-19-14(18)12-8-16-13(17)7-11(12)9-3-5-10(15)6-4-9/h3-6,11-12H,2,7-8H2,1H3,(H,16,17)/t11-,12+/m0/s1. The Morgan fingerprint density at radius 2 is 2.11 bits per heavy atom. The summed E-state index contributed by atoms with van der Waals surface area (Å²) in [5.74, 6) is -1.43. The third-order valence-corrected chi connectivity index (χ3v) is 3.30. The Balaban J connectivity index is 2.23. The molecule has 1 aliphatic heterocycles. The highest BCUT2D eigenvalue weighted by atomic mass is 19.1. The van der Waals surface area contributed by atoms with Gasteiger partial charge in [0.2, 0.25) is 5.91 Å². The molecule has 1 N–H and O–H groups in total. The number of carbonyl (C=O) groups is 2. The van der Waals surface area contributed by atoms with Gasteiger partial charge in [0.15, 0.2) is 0 Å². The maximum atomic E-state index is 12.9. The minimum Gasteiger partial charge on any atom is -0.466 e. The van der Waals surface area contributed by atoms with E-state index in [2.05, 4.69) is 5.32 Å². The molecular weight excluding hydrogens is 249 g/mol.